The lowest BCUT2D eigenvalue weighted by Crippen LogP contribution is -2.02. The number of hydrogen-bond donors (Lipinski definition) is 1. The van der Waals surface area contributed by atoms with Crippen LogP contribution in [0.15, 0.2) is 42.5 Å². The molecule has 0 bridgehead atoms. The molecule has 1 N–H and O–H groups in total. The van der Waals surface area contributed by atoms with E-state index in [-0.39, 0.29) is 12.4 Å². The molecule has 1 atom stereocenters. The van der Waals surface area contributed by atoms with E-state index in [0.717, 1.165) is 0 Å². The summed E-state index contributed by atoms with van der Waals surface area (Å²) in [4.78, 5) is 0. The fraction of sp³-hybridized carbons (Fsp3) is 0.250. The fourth-order valence-corrected chi connectivity index (χ4v) is 1.88. The van der Waals surface area contributed by atoms with Crippen molar-refractivity contribution < 1.29 is 19.0 Å². The molecule has 0 aromatic heterocycles. The average molecular weight is 276 g/mol. The van der Waals surface area contributed by atoms with Gasteiger partial charge < -0.3 is 14.6 Å². The van der Waals surface area contributed by atoms with Gasteiger partial charge >= 0.3 is 0 Å². The van der Waals surface area contributed by atoms with Crippen LogP contribution < -0.4 is 9.47 Å². The van der Waals surface area contributed by atoms with Gasteiger partial charge in [-0.25, -0.2) is 4.39 Å². The highest BCUT2D eigenvalue weighted by molar-refractivity contribution is 5.35. The molecule has 0 amide bonds. The van der Waals surface area contributed by atoms with E-state index in [9.17, 15) is 9.50 Å². The lowest BCUT2D eigenvalue weighted by Gasteiger charge is -2.13. The highest BCUT2D eigenvalue weighted by Crippen LogP contribution is 2.26. The molecular formula is C16H17FO3. The second-order valence-electron chi connectivity index (χ2n) is 4.46. The van der Waals surface area contributed by atoms with E-state index >= 15 is 0 Å². The number of para-hydroxylation sites is 1. The first kappa shape index (κ1) is 14.3. The van der Waals surface area contributed by atoms with Crippen molar-refractivity contribution >= 4 is 0 Å². The van der Waals surface area contributed by atoms with Crippen LogP contribution in [0.3, 0.4) is 0 Å². The van der Waals surface area contributed by atoms with Crippen molar-refractivity contribution in [2.24, 2.45) is 0 Å². The highest BCUT2D eigenvalue weighted by atomic mass is 19.1. The summed E-state index contributed by atoms with van der Waals surface area (Å²) in [6.45, 7) is 1.76. The summed E-state index contributed by atoms with van der Waals surface area (Å²) in [5.74, 6) is 0.646. The number of methoxy groups -OCH3 is 1. The van der Waals surface area contributed by atoms with Crippen LogP contribution in [-0.2, 0) is 6.61 Å². The van der Waals surface area contributed by atoms with Crippen molar-refractivity contribution in [3.8, 4) is 11.5 Å². The van der Waals surface area contributed by atoms with E-state index in [0.29, 0.717) is 22.6 Å². The first-order valence-electron chi connectivity index (χ1n) is 6.34. The van der Waals surface area contributed by atoms with Crippen LogP contribution in [-0.4, -0.2) is 12.2 Å². The number of halogens is 1. The zero-order valence-electron chi connectivity index (χ0n) is 11.5. The number of ether oxygens (including phenoxy) is 2. The second kappa shape index (κ2) is 6.39. The molecule has 0 aliphatic carbocycles. The fourth-order valence-electron chi connectivity index (χ4n) is 1.88. The Morgan fingerprint density at radius 1 is 1.20 bits per heavy atom. The van der Waals surface area contributed by atoms with Crippen LogP contribution in [0.1, 0.15) is 24.2 Å². The summed E-state index contributed by atoms with van der Waals surface area (Å²) in [5, 5.41) is 9.65. The lowest BCUT2D eigenvalue weighted by atomic mass is 10.1. The van der Waals surface area contributed by atoms with Gasteiger partial charge in [0.1, 0.15) is 23.9 Å². The third-order valence-corrected chi connectivity index (χ3v) is 3.01. The number of benzene rings is 2. The molecule has 0 spiro atoms. The van der Waals surface area contributed by atoms with Gasteiger partial charge in [0, 0.05) is 17.2 Å². The molecule has 3 nitrogen and oxygen atoms in total. The summed E-state index contributed by atoms with van der Waals surface area (Å²) in [7, 11) is 1.49. The lowest BCUT2D eigenvalue weighted by molar-refractivity contribution is 0.190. The van der Waals surface area contributed by atoms with Gasteiger partial charge in [-0.2, -0.15) is 0 Å². The Balaban J connectivity index is 2.13. The van der Waals surface area contributed by atoms with Crippen molar-refractivity contribution in [2.75, 3.05) is 7.11 Å². The van der Waals surface area contributed by atoms with E-state index in [2.05, 4.69) is 0 Å². The Morgan fingerprint density at radius 2 is 1.95 bits per heavy atom. The number of aliphatic hydroxyl groups excluding tert-OH is 1. The van der Waals surface area contributed by atoms with Crippen molar-refractivity contribution in [3.63, 3.8) is 0 Å². The maximum atomic E-state index is 13.8. The zero-order valence-corrected chi connectivity index (χ0v) is 11.5. The van der Waals surface area contributed by atoms with Crippen LogP contribution in [0.5, 0.6) is 11.5 Å². The largest absolute Gasteiger partial charge is 0.497 e. The quantitative estimate of drug-likeness (QED) is 0.908. The smallest absolute Gasteiger partial charge is 0.133 e. The molecular weight excluding hydrogens is 259 g/mol. The Kier molecular flexibility index (Phi) is 4.58. The minimum absolute atomic E-state index is 0.0968. The number of hydrogen-bond acceptors (Lipinski definition) is 3. The third kappa shape index (κ3) is 3.27. The Bertz CT molecular complexity index is 582. The molecule has 0 radical (unpaired) electrons. The van der Waals surface area contributed by atoms with E-state index in [4.69, 9.17) is 9.47 Å². The molecule has 106 valence electrons. The van der Waals surface area contributed by atoms with Crippen molar-refractivity contribution in [2.45, 2.75) is 19.6 Å². The molecule has 0 unspecified atom stereocenters. The molecule has 2 rings (SSSR count). The van der Waals surface area contributed by atoms with Crippen LogP contribution in [0.2, 0.25) is 0 Å². The minimum Gasteiger partial charge on any atom is -0.497 e. The molecule has 0 aliphatic rings. The predicted molar refractivity (Wildman–Crippen MR) is 74.4 cm³/mol. The summed E-state index contributed by atoms with van der Waals surface area (Å²) in [6.07, 6.45) is -0.632. The van der Waals surface area contributed by atoms with Crippen LogP contribution in [0, 0.1) is 5.82 Å². The molecule has 0 fully saturated rings. The summed E-state index contributed by atoms with van der Waals surface area (Å²) in [6, 6.07) is 11.8. The maximum absolute atomic E-state index is 13.8. The van der Waals surface area contributed by atoms with Gasteiger partial charge in [-0.3, -0.25) is 0 Å². The van der Waals surface area contributed by atoms with Gasteiger partial charge in [-0.1, -0.05) is 18.2 Å². The highest BCUT2D eigenvalue weighted by Gasteiger charge is 2.10. The number of aliphatic hydroxyl groups is 1. The molecule has 4 heteroatoms. The van der Waals surface area contributed by atoms with Gasteiger partial charge in [0.05, 0.1) is 13.2 Å². The average Bonchev–Trinajstić information content (AvgIpc) is 2.46. The van der Waals surface area contributed by atoms with Gasteiger partial charge in [-0.15, -0.1) is 0 Å². The van der Waals surface area contributed by atoms with E-state index < -0.39 is 6.10 Å². The Hall–Kier alpha value is -2.07. The molecule has 0 heterocycles. The van der Waals surface area contributed by atoms with Crippen LogP contribution in [0.4, 0.5) is 4.39 Å². The van der Waals surface area contributed by atoms with Crippen LogP contribution in [0.25, 0.3) is 0 Å². The molecule has 0 saturated heterocycles. The van der Waals surface area contributed by atoms with Crippen molar-refractivity contribution in [1.29, 1.82) is 0 Å². The number of rotatable bonds is 5. The van der Waals surface area contributed by atoms with Crippen molar-refractivity contribution in [3.05, 3.63) is 59.4 Å². The zero-order chi connectivity index (χ0) is 14.5. The maximum Gasteiger partial charge on any atom is 0.133 e. The standard InChI is InChI=1S/C16H17FO3/c1-11(18)14-5-3-4-6-16(14)20-10-12-7-8-13(19-2)9-15(12)17/h3-9,11,18H,10H2,1-2H3/t11-/m1/s1. The van der Waals surface area contributed by atoms with E-state index in [1.807, 2.05) is 12.1 Å². The molecule has 2 aromatic carbocycles. The second-order valence-corrected chi connectivity index (χ2v) is 4.46. The Morgan fingerprint density at radius 3 is 2.60 bits per heavy atom. The van der Waals surface area contributed by atoms with Gasteiger partial charge in [0.25, 0.3) is 0 Å². The Labute approximate surface area is 117 Å². The summed E-state index contributed by atoms with van der Waals surface area (Å²) in [5.41, 5.74) is 1.12. The summed E-state index contributed by atoms with van der Waals surface area (Å²) < 4.78 is 24.3. The molecule has 2 aromatic rings. The molecule has 20 heavy (non-hydrogen) atoms. The van der Waals surface area contributed by atoms with E-state index in [1.165, 1.54) is 13.2 Å². The summed E-state index contributed by atoms with van der Waals surface area (Å²) >= 11 is 0. The normalized spacial score (nSPS) is 12.0. The monoisotopic (exact) mass is 276 g/mol. The minimum atomic E-state index is -0.632. The SMILES string of the molecule is COc1ccc(COc2ccccc2[C@@H](C)O)c(F)c1. The van der Waals surface area contributed by atoms with Gasteiger partial charge in [0.15, 0.2) is 0 Å². The molecule has 0 saturated carbocycles. The van der Waals surface area contributed by atoms with E-state index in [1.54, 1.807) is 31.2 Å². The first-order chi connectivity index (χ1) is 9.61. The van der Waals surface area contributed by atoms with Crippen LogP contribution >= 0.6 is 0 Å². The van der Waals surface area contributed by atoms with Gasteiger partial charge in [-0.05, 0) is 25.1 Å². The predicted octanol–water partition coefficient (Wildman–Crippen LogP) is 3.47. The third-order valence-electron chi connectivity index (χ3n) is 3.01. The van der Waals surface area contributed by atoms with Crippen molar-refractivity contribution in [1.82, 2.24) is 0 Å². The molecule has 0 aliphatic heterocycles. The topological polar surface area (TPSA) is 38.7 Å². The first-order valence-corrected chi connectivity index (χ1v) is 6.34. The van der Waals surface area contributed by atoms with Gasteiger partial charge in [0.2, 0.25) is 0 Å².